The van der Waals surface area contributed by atoms with Crippen LogP contribution in [0, 0.1) is 5.92 Å². The minimum absolute atomic E-state index is 0.0374. The summed E-state index contributed by atoms with van der Waals surface area (Å²) < 4.78 is 5.67. The molecule has 10 atom stereocenters. The summed E-state index contributed by atoms with van der Waals surface area (Å²) in [4.78, 5) is 192. The summed E-state index contributed by atoms with van der Waals surface area (Å²) >= 11 is 5.57. The lowest BCUT2D eigenvalue weighted by Crippen LogP contribution is -2.61. The Hall–Kier alpha value is -9.72. The van der Waals surface area contributed by atoms with Crippen LogP contribution in [0.5, 0.6) is 0 Å². The molecular formula is C64H81N11O19S2. The number of thioether (sulfide) groups is 1. The average Bonchev–Trinajstić information content (AvgIpc) is 1.62. The second-order valence-corrected chi connectivity index (χ2v) is 25.0. The summed E-state index contributed by atoms with van der Waals surface area (Å²) in [6.07, 6.45) is -1.15. The summed E-state index contributed by atoms with van der Waals surface area (Å²) in [6.45, 7) is 5.78. The van der Waals surface area contributed by atoms with Gasteiger partial charge in [-0.15, -0.1) is 0 Å². The van der Waals surface area contributed by atoms with Crippen LogP contribution in [0.2, 0.25) is 0 Å². The third-order valence-corrected chi connectivity index (χ3v) is 17.1. The maximum atomic E-state index is 14.7. The van der Waals surface area contributed by atoms with Crippen molar-refractivity contribution in [1.29, 1.82) is 0 Å². The summed E-state index contributed by atoms with van der Waals surface area (Å²) in [6, 6.07) is 6.54. The lowest BCUT2D eigenvalue weighted by atomic mass is 9.98. The molecule has 1 aromatic heterocycles. The van der Waals surface area contributed by atoms with E-state index in [1.165, 1.54) is 31.8 Å². The summed E-state index contributed by atoms with van der Waals surface area (Å²) in [5.74, 6) is -16.0. The van der Waals surface area contributed by atoms with E-state index < -0.39 is 175 Å². The lowest BCUT2D eigenvalue weighted by Gasteiger charge is -2.30. The predicted molar refractivity (Wildman–Crippen MR) is 351 cm³/mol. The highest BCUT2D eigenvalue weighted by Gasteiger charge is 2.41. The van der Waals surface area contributed by atoms with Crippen molar-refractivity contribution in [2.75, 3.05) is 30.9 Å². The standard InChI is InChI=1S/C64H81N11O19S2/c1-32(2)25-45(57(85)72-48(28-53(80)81)60(88)73-49(31-95)62(90)75-23-12-19-50(75)61(89)67-34(4)63(91)92)69-58(86)46(26-35-29-65-42-18-11-10-13-36(35)42)70-59(87)47(27-52(78)79)71-56(84)43(20-21-51(76)77)68-54(82)33(3)66-55(83)44(22-24-96-5)74-64(93)94-30-41-39-16-8-6-14-37(39)38-15-7-9-17-40(38)41/h6-11,13-18,29,32-34,41,43-50,65,95H,12,19-28,30-31H2,1-5H3,(H,66,83)(H,67,89)(H,68,82)(H,69,86)(H,70,87)(H,71,84)(H,72,85)(H,73,88)(H,74,93)(H,76,77)(H,78,79)(H,80,81)(H,91,92)/t33-,34-,43-,44-,45-,46-,47-,48-,49-,50-/m0/s1. The number of aromatic nitrogens is 1. The van der Waals surface area contributed by atoms with E-state index in [0.717, 1.165) is 27.2 Å². The van der Waals surface area contributed by atoms with E-state index in [0.29, 0.717) is 28.6 Å². The van der Waals surface area contributed by atoms with Gasteiger partial charge in [0.25, 0.3) is 0 Å². The first-order chi connectivity index (χ1) is 45.6. The van der Waals surface area contributed by atoms with E-state index in [9.17, 15) is 87.5 Å². The first-order valence-corrected chi connectivity index (χ1v) is 33.0. The molecule has 10 amide bonds. The Morgan fingerprint density at radius 2 is 1.09 bits per heavy atom. The van der Waals surface area contributed by atoms with Crippen LogP contribution in [0.4, 0.5) is 4.79 Å². The molecule has 0 bridgehead atoms. The topological polar surface area (TPSA) is 456 Å². The van der Waals surface area contributed by atoms with Crippen LogP contribution in [0.15, 0.2) is 79.0 Å². The maximum absolute atomic E-state index is 14.7. The smallest absolute Gasteiger partial charge is 0.407 e. The van der Waals surface area contributed by atoms with Crippen molar-refractivity contribution in [2.45, 2.75) is 152 Å². The van der Waals surface area contributed by atoms with Crippen LogP contribution < -0.4 is 47.9 Å². The highest BCUT2D eigenvalue weighted by atomic mass is 32.2. The Balaban J connectivity index is 1.16. The van der Waals surface area contributed by atoms with Gasteiger partial charge in [0.15, 0.2) is 0 Å². The zero-order chi connectivity index (χ0) is 70.5. The van der Waals surface area contributed by atoms with Gasteiger partial charge in [0.2, 0.25) is 53.2 Å². The van der Waals surface area contributed by atoms with Gasteiger partial charge >= 0.3 is 30.0 Å². The van der Waals surface area contributed by atoms with Crippen LogP contribution in [0.3, 0.4) is 0 Å². The minimum atomic E-state index is -2.05. The Morgan fingerprint density at radius 1 is 0.583 bits per heavy atom. The number of para-hydroxylation sites is 1. The number of ether oxygens (including phenoxy) is 1. The molecule has 3 aromatic carbocycles. The number of benzene rings is 3. The molecule has 1 fully saturated rings. The molecule has 30 nitrogen and oxygen atoms in total. The third kappa shape index (κ3) is 21.1. The van der Waals surface area contributed by atoms with Crippen molar-refractivity contribution in [3.63, 3.8) is 0 Å². The number of carbonyl (C=O) groups is 14. The Kier molecular flexibility index (Phi) is 28.0. The van der Waals surface area contributed by atoms with Gasteiger partial charge in [-0.25, -0.2) is 4.79 Å². The quantitative estimate of drug-likeness (QED) is 0.0284. The number of hydrogen-bond acceptors (Lipinski definition) is 17. The number of carboxylic acid groups (broad SMARTS) is 4. The molecule has 96 heavy (non-hydrogen) atoms. The Labute approximate surface area is 561 Å². The molecule has 0 spiro atoms. The van der Waals surface area contributed by atoms with E-state index in [1.54, 1.807) is 44.4 Å². The summed E-state index contributed by atoms with van der Waals surface area (Å²) in [7, 11) is 0. The van der Waals surface area contributed by atoms with Crippen molar-refractivity contribution in [3.05, 3.63) is 95.7 Å². The number of carbonyl (C=O) groups excluding carboxylic acids is 10. The van der Waals surface area contributed by atoms with E-state index in [1.807, 2.05) is 48.5 Å². The molecule has 2 aliphatic rings. The second kappa shape index (κ2) is 35.7. The zero-order valence-electron chi connectivity index (χ0n) is 53.3. The summed E-state index contributed by atoms with van der Waals surface area (Å²) in [5.41, 5.74) is 4.92. The number of H-pyrrole nitrogens is 1. The van der Waals surface area contributed by atoms with E-state index in [4.69, 9.17) is 4.74 Å². The van der Waals surface area contributed by atoms with Gasteiger partial charge in [0.1, 0.15) is 67.0 Å². The average molecular weight is 1370 g/mol. The van der Waals surface area contributed by atoms with Crippen LogP contribution in [-0.2, 0) is 73.5 Å². The number of alkyl carbamates (subject to hydrolysis) is 1. The summed E-state index contributed by atoms with van der Waals surface area (Å²) in [5, 5.41) is 61.2. The van der Waals surface area contributed by atoms with Crippen molar-refractivity contribution >= 4 is 118 Å². The zero-order valence-corrected chi connectivity index (χ0v) is 55.1. The molecule has 6 rings (SSSR count). The molecular weight excluding hydrogens is 1290 g/mol. The highest BCUT2D eigenvalue weighted by Crippen LogP contribution is 2.44. The number of aromatic amines is 1. The number of amides is 10. The fourth-order valence-electron chi connectivity index (χ4n) is 11.1. The molecule has 0 saturated carbocycles. The number of aliphatic carboxylic acids is 4. The molecule has 0 unspecified atom stereocenters. The molecule has 1 saturated heterocycles. The van der Waals surface area contributed by atoms with Gasteiger partial charge in [-0.05, 0) is 97.8 Å². The molecule has 14 N–H and O–H groups in total. The third-order valence-electron chi connectivity index (χ3n) is 16.1. The number of likely N-dealkylation sites (tertiary alicyclic amines) is 1. The largest absolute Gasteiger partial charge is 0.481 e. The van der Waals surface area contributed by atoms with Gasteiger partial charge in [0, 0.05) is 48.2 Å². The number of nitrogens with one attached hydrogen (secondary N) is 10. The van der Waals surface area contributed by atoms with Gasteiger partial charge < -0.3 is 82.9 Å². The Bertz CT molecular complexity index is 3500. The Morgan fingerprint density at radius 3 is 1.67 bits per heavy atom. The van der Waals surface area contributed by atoms with Crippen molar-refractivity contribution in [2.24, 2.45) is 5.92 Å². The second-order valence-electron chi connectivity index (χ2n) is 23.7. The predicted octanol–water partition coefficient (Wildman–Crippen LogP) is 1.15. The normalized spacial score (nSPS) is 16.0. The van der Waals surface area contributed by atoms with Crippen molar-refractivity contribution < 1.29 is 92.3 Å². The van der Waals surface area contributed by atoms with Crippen LogP contribution in [0.1, 0.15) is 102 Å². The van der Waals surface area contributed by atoms with E-state index >= 15 is 0 Å². The number of fused-ring (bicyclic) bond motifs is 4. The first-order valence-electron chi connectivity index (χ1n) is 31.0. The number of nitrogens with zero attached hydrogens (tertiary/aromatic N) is 1. The molecule has 4 aromatic rings. The number of thiol groups is 1. The number of rotatable bonds is 36. The van der Waals surface area contributed by atoms with E-state index in [2.05, 4.69) is 65.5 Å². The van der Waals surface area contributed by atoms with Crippen molar-refractivity contribution in [1.82, 2.24) is 57.7 Å². The molecule has 0 radical (unpaired) electrons. The molecule has 32 heteroatoms. The molecule has 1 aliphatic carbocycles. The monoisotopic (exact) mass is 1370 g/mol. The van der Waals surface area contributed by atoms with Gasteiger partial charge in [-0.2, -0.15) is 24.4 Å². The minimum Gasteiger partial charge on any atom is -0.481 e. The van der Waals surface area contributed by atoms with Gasteiger partial charge in [0.05, 0.1) is 12.8 Å². The highest BCUT2D eigenvalue weighted by molar-refractivity contribution is 7.98. The lowest BCUT2D eigenvalue weighted by molar-refractivity contribution is -0.144. The molecule has 1 aliphatic heterocycles. The van der Waals surface area contributed by atoms with Crippen LogP contribution in [0.25, 0.3) is 22.0 Å². The SMILES string of the molecule is CSCC[C@H](NC(=O)OCC1c2ccccc2-c2ccccc21)C(=O)N[C@@H](C)C(=O)N[C@@H](CCC(=O)O)C(=O)N[C@@H](CC(=O)O)C(=O)N[C@@H](Cc1c[nH]c2ccccc12)C(=O)N[C@@H](CC(C)C)C(=O)N[C@@H](CC(=O)O)C(=O)N[C@@H](CS)C(=O)N1CCC[C@H]1C(=O)N[C@@H](C)C(=O)O. The van der Waals surface area contributed by atoms with E-state index in [-0.39, 0.29) is 50.5 Å². The molecule has 518 valence electrons. The fraction of sp³-hybridized carbons (Fsp3) is 0.469. The van der Waals surface area contributed by atoms with Crippen molar-refractivity contribution in [3.8, 4) is 11.1 Å². The number of carboxylic acids is 4. The maximum Gasteiger partial charge on any atom is 0.407 e. The van der Waals surface area contributed by atoms with Crippen LogP contribution in [-0.4, -0.2) is 205 Å². The van der Waals surface area contributed by atoms with Crippen LogP contribution >= 0.6 is 24.4 Å². The first kappa shape index (κ1) is 75.3. The van der Waals surface area contributed by atoms with Gasteiger partial charge in [-0.1, -0.05) is 80.6 Å². The molecule has 2 heterocycles. The fourth-order valence-corrected chi connectivity index (χ4v) is 11.8. The van der Waals surface area contributed by atoms with Gasteiger partial charge in [-0.3, -0.25) is 62.3 Å². The number of hydrogen-bond donors (Lipinski definition) is 15.